The molecule has 1 atom stereocenters. The van der Waals surface area contributed by atoms with Gasteiger partial charge in [-0.1, -0.05) is 30.3 Å². The van der Waals surface area contributed by atoms with Crippen LogP contribution in [0, 0.1) is 0 Å². The molecule has 2 heterocycles. The maximum Gasteiger partial charge on any atom is 0.321 e. The van der Waals surface area contributed by atoms with Gasteiger partial charge in [0.2, 0.25) is 5.95 Å². The molecule has 1 aliphatic rings. The van der Waals surface area contributed by atoms with Gasteiger partial charge in [-0.3, -0.25) is 10.1 Å². The molecule has 0 amide bonds. The summed E-state index contributed by atoms with van der Waals surface area (Å²) in [6.07, 6.45) is 3.92. The molecule has 0 saturated carbocycles. The molecule has 0 radical (unpaired) electrons. The van der Waals surface area contributed by atoms with Crippen LogP contribution in [0.5, 0.6) is 0 Å². The molecule has 7 heteroatoms. The number of hydrogen-bond donors (Lipinski definition) is 2. The Morgan fingerprint density at radius 2 is 1.84 bits per heavy atom. The Labute approximate surface area is 146 Å². The number of carboxylic acids is 1. The van der Waals surface area contributed by atoms with Gasteiger partial charge in [0, 0.05) is 37.6 Å². The molecule has 1 aromatic heterocycles. The Morgan fingerprint density at radius 3 is 2.48 bits per heavy atom. The third-order valence-corrected chi connectivity index (χ3v) is 4.12. The van der Waals surface area contributed by atoms with Crippen LogP contribution in [0.25, 0.3) is 0 Å². The lowest BCUT2D eigenvalue weighted by molar-refractivity contribution is -0.139. The van der Waals surface area contributed by atoms with Crippen LogP contribution in [-0.2, 0) is 22.5 Å². The number of carbonyl (C=O) groups is 1. The number of morpholine rings is 1. The van der Waals surface area contributed by atoms with E-state index >= 15 is 0 Å². The Bertz CT molecular complexity index is 672. The van der Waals surface area contributed by atoms with Gasteiger partial charge >= 0.3 is 5.97 Å². The van der Waals surface area contributed by atoms with E-state index in [2.05, 4.69) is 20.2 Å². The minimum Gasteiger partial charge on any atom is -0.480 e. The molecular formula is C18H22N4O3. The third-order valence-electron chi connectivity index (χ3n) is 4.12. The second kappa shape index (κ2) is 8.55. The van der Waals surface area contributed by atoms with Crippen LogP contribution in [0.15, 0.2) is 42.7 Å². The van der Waals surface area contributed by atoms with Gasteiger partial charge in [-0.25, -0.2) is 9.97 Å². The van der Waals surface area contributed by atoms with E-state index in [-0.39, 0.29) is 0 Å². The second-order valence-corrected chi connectivity index (χ2v) is 5.95. The van der Waals surface area contributed by atoms with Crippen molar-refractivity contribution in [2.75, 3.05) is 31.2 Å². The zero-order valence-corrected chi connectivity index (χ0v) is 14.0. The fourth-order valence-electron chi connectivity index (χ4n) is 2.70. The average Bonchev–Trinajstić information content (AvgIpc) is 2.67. The van der Waals surface area contributed by atoms with Crippen LogP contribution in [0.2, 0.25) is 0 Å². The first-order valence-electron chi connectivity index (χ1n) is 8.36. The van der Waals surface area contributed by atoms with Gasteiger partial charge in [-0.2, -0.15) is 0 Å². The smallest absolute Gasteiger partial charge is 0.321 e. The standard InChI is InChI=1S/C18H22N4O3/c23-17(24)16(10-14-4-2-1-3-5-14)19-11-15-12-20-18(21-13-15)22-6-8-25-9-7-22/h1-5,12-13,16,19H,6-11H2,(H,23,24)/t16-/m1/s1. The molecule has 0 aliphatic carbocycles. The summed E-state index contributed by atoms with van der Waals surface area (Å²) in [5, 5.41) is 12.5. The van der Waals surface area contributed by atoms with Crippen molar-refractivity contribution in [2.45, 2.75) is 19.0 Å². The molecule has 2 N–H and O–H groups in total. The summed E-state index contributed by atoms with van der Waals surface area (Å²) in [6, 6.07) is 8.94. The fourth-order valence-corrected chi connectivity index (χ4v) is 2.70. The van der Waals surface area contributed by atoms with Crippen LogP contribution >= 0.6 is 0 Å². The van der Waals surface area contributed by atoms with Crippen molar-refractivity contribution in [1.29, 1.82) is 0 Å². The number of ether oxygens (including phenoxy) is 1. The van der Waals surface area contributed by atoms with E-state index in [1.807, 2.05) is 30.3 Å². The molecule has 0 bridgehead atoms. The summed E-state index contributed by atoms with van der Waals surface area (Å²) in [5.41, 5.74) is 1.85. The van der Waals surface area contributed by atoms with E-state index in [1.54, 1.807) is 12.4 Å². The minimum atomic E-state index is -0.866. The topological polar surface area (TPSA) is 87.6 Å². The Hall–Kier alpha value is -2.51. The number of anilines is 1. The van der Waals surface area contributed by atoms with Crippen molar-refractivity contribution in [3.05, 3.63) is 53.9 Å². The zero-order valence-electron chi connectivity index (χ0n) is 14.0. The van der Waals surface area contributed by atoms with Gasteiger partial charge in [0.25, 0.3) is 0 Å². The first-order chi connectivity index (χ1) is 12.2. The monoisotopic (exact) mass is 342 g/mol. The molecule has 2 aromatic rings. The molecule has 0 unspecified atom stereocenters. The van der Waals surface area contributed by atoms with Crippen molar-refractivity contribution < 1.29 is 14.6 Å². The van der Waals surface area contributed by atoms with Gasteiger partial charge in [-0.15, -0.1) is 0 Å². The van der Waals surface area contributed by atoms with E-state index in [1.165, 1.54) is 0 Å². The highest BCUT2D eigenvalue weighted by Crippen LogP contribution is 2.10. The molecule has 7 nitrogen and oxygen atoms in total. The molecule has 1 saturated heterocycles. The molecule has 3 rings (SSSR count). The number of nitrogens with one attached hydrogen (secondary N) is 1. The lowest BCUT2D eigenvalue weighted by Gasteiger charge is -2.26. The summed E-state index contributed by atoms with van der Waals surface area (Å²) in [4.78, 5) is 22.3. The van der Waals surface area contributed by atoms with Gasteiger partial charge in [0.05, 0.1) is 13.2 Å². The minimum absolute atomic E-state index is 0.410. The van der Waals surface area contributed by atoms with Crippen molar-refractivity contribution >= 4 is 11.9 Å². The Kier molecular flexibility index (Phi) is 5.92. The van der Waals surface area contributed by atoms with Crippen LogP contribution in [-0.4, -0.2) is 53.4 Å². The lowest BCUT2D eigenvalue weighted by Crippen LogP contribution is -2.38. The van der Waals surface area contributed by atoms with Crippen LogP contribution < -0.4 is 10.2 Å². The zero-order chi connectivity index (χ0) is 17.5. The molecule has 25 heavy (non-hydrogen) atoms. The highest BCUT2D eigenvalue weighted by Gasteiger charge is 2.18. The number of nitrogens with zero attached hydrogens (tertiary/aromatic N) is 3. The molecule has 0 spiro atoms. The molecule has 1 aliphatic heterocycles. The number of aliphatic carboxylic acids is 1. The van der Waals surface area contributed by atoms with Gasteiger partial charge < -0.3 is 14.7 Å². The van der Waals surface area contributed by atoms with Crippen molar-refractivity contribution in [3.63, 3.8) is 0 Å². The van der Waals surface area contributed by atoms with Crippen molar-refractivity contribution in [2.24, 2.45) is 0 Å². The summed E-state index contributed by atoms with van der Waals surface area (Å²) < 4.78 is 5.32. The third kappa shape index (κ3) is 4.98. The van der Waals surface area contributed by atoms with Crippen molar-refractivity contribution in [1.82, 2.24) is 15.3 Å². The Morgan fingerprint density at radius 1 is 1.16 bits per heavy atom. The first kappa shape index (κ1) is 17.3. The van der Waals surface area contributed by atoms with E-state index in [9.17, 15) is 9.90 Å². The number of hydrogen-bond acceptors (Lipinski definition) is 6. The highest BCUT2D eigenvalue weighted by molar-refractivity contribution is 5.73. The summed E-state index contributed by atoms with van der Waals surface area (Å²) in [7, 11) is 0. The van der Waals surface area contributed by atoms with Crippen LogP contribution in [0.3, 0.4) is 0 Å². The second-order valence-electron chi connectivity index (χ2n) is 5.95. The highest BCUT2D eigenvalue weighted by atomic mass is 16.5. The summed E-state index contributed by atoms with van der Waals surface area (Å²) >= 11 is 0. The maximum absolute atomic E-state index is 11.5. The summed E-state index contributed by atoms with van der Waals surface area (Å²) in [6.45, 7) is 3.36. The fraction of sp³-hybridized carbons (Fsp3) is 0.389. The van der Waals surface area contributed by atoms with Gasteiger partial charge in [0.15, 0.2) is 0 Å². The average molecular weight is 342 g/mol. The SMILES string of the molecule is O=C(O)[C@@H](Cc1ccccc1)NCc1cnc(N2CCOCC2)nc1. The van der Waals surface area contributed by atoms with E-state index in [0.29, 0.717) is 32.1 Å². The lowest BCUT2D eigenvalue weighted by atomic mass is 10.1. The van der Waals surface area contributed by atoms with Crippen molar-refractivity contribution in [3.8, 4) is 0 Å². The van der Waals surface area contributed by atoms with Crippen LogP contribution in [0.1, 0.15) is 11.1 Å². The number of rotatable bonds is 7. The van der Waals surface area contributed by atoms with E-state index in [0.717, 1.165) is 24.2 Å². The quantitative estimate of drug-likeness (QED) is 0.779. The van der Waals surface area contributed by atoms with Gasteiger partial charge in [0.1, 0.15) is 6.04 Å². The number of aromatic nitrogens is 2. The molecule has 132 valence electrons. The van der Waals surface area contributed by atoms with Gasteiger partial charge in [-0.05, 0) is 12.0 Å². The normalized spacial score (nSPS) is 15.8. The van der Waals surface area contributed by atoms with E-state index < -0.39 is 12.0 Å². The predicted molar refractivity (Wildman–Crippen MR) is 93.5 cm³/mol. The van der Waals surface area contributed by atoms with E-state index in [4.69, 9.17) is 4.74 Å². The maximum atomic E-state index is 11.5. The number of carboxylic acid groups (broad SMARTS) is 1. The Balaban J connectivity index is 1.56. The van der Waals surface area contributed by atoms with Crippen LogP contribution in [0.4, 0.5) is 5.95 Å². The predicted octanol–water partition coefficient (Wildman–Crippen LogP) is 1.10. The number of benzene rings is 1. The summed E-state index contributed by atoms with van der Waals surface area (Å²) in [5.74, 6) is -0.180. The molecule has 1 aromatic carbocycles. The molecular weight excluding hydrogens is 320 g/mol. The first-order valence-corrected chi connectivity index (χ1v) is 8.36. The largest absolute Gasteiger partial charge is 0.480 e. The molecule has 1 fully saturated rings.